The third-order valence-electron chi connectivity index (χ3n) is 3.45. The minimum Gasteiger partial charge on any atom is -0.444 e. The van der Waals surface area contributed by atoms with Gasteiger partial charge in [-0.15, -0.1) is 0 Å². The SMILES string of the molecule is CC(C)(C)OC(=O)NCC(=O)Nc1ccccc1CNC(=O)c1cccnc1. The van der Waals surface area contributed by atoms with Crippen LogP contribution in [0.2, 0.25) is 0 Å². The van der Waals surface area contributed by atoms with Crippen LogP contribution in [0, 0.1) is 0 Å². The molecule has 2 rings (SSSR count). The topological polar surface area (TPSA) is 109 Å². The molecular formula is C20H24N4O4. The van der Waals surface area contributed by atoms with Gasteiger partial charge in [0, 0.05) is 24.6 Å². The first-order valence-electron chi connectivity index (χ1n) is 8.77. The van der Waals surface area contributed by atoms with E-state index in [4.69, 9.17) is 4.74 Å². The number of amides is 3. The predicted octanol–water partition coefficient (Wildman–Crippen LogP) is 2.47. The molecule has 0 saturated carbocycles. The predicted molar refractivity (Wildman–Crippen MR) is 105 cm³/mol. The molecule has 0 bridgehead atoms. The fourth-order valence-corrected chi connectivity index (χ4v) is 2.23. The van der Waals surface area contributed by atoms with Crippen molar-refractivity contribution in [3.8, 4) is 0 Å². The smallest absolute Gasteiger partial charge is 0.408 e. The van der Waals surface area contributed by atoms with Gasteiger partial charge >= 0.3 is 6.09 Å². The molecule has 2 aromatic rings. The Morgan fingerprint density at radius 1 is 1.04 bits per heavy atom. The minimum atomic E-state index is -0.667. The first-order chi connectivity index (χ1) is 13.2. The number of benzene rings is 1. The van der Waals surface area contributed by atoms with E-state index < -0.39 is 17.6 Å². The van der Waals surface area contributed by atoms with Crippen molar-refractivity contribution in [3.05, 3.63) is 59.9 Å². The largest absolute Gasteiger partial charge is 0.444 e. The molecule has 8 heteroatoms. The van der Waals surface area contributed by atoms with Crippen LogP contribution in [0.1, 0.15) is 36.7 Å². The molecule has 0 saturated heterocycles. The van der Waals surface area contributed by atoms with Gasteiger partial charge in [-0.1, -0.05) is 18.2 Å². The van der Waals surface area contributed by atoms with Crippen molar-refractivity contribution in [2.75, 3.05) is 11.9 Å². The molecule has 0 unspecified atom stereocenters. The molecule has 0 aliphatic carbocycles. The molecule has 0 fully saturated rings. The van der Waals surface area contributed by atoms with Crippen LogP contribution in [0.5, 0.6) is 0 Å². The summed E-state index contributed by atoms with van der Waals surface area (Å²) < 4.78 is 5.09. The van der Waals surface area contributed by atoms with Gasteiger partial charge in [0.25, 0.3) is 5.91 Å². The average Bonchev–Trinajstić information content (AvgIpc) is 2.65. The number of nitrogens with zero attached hydrogens (tertiary/aromatic N) is 1. The average molecular weight is 384 g/mol. The van der Waals surface area contributed by atoms with E-state index in [0.29, 0.717) is 11.3 Å². The van der Waals surface area contributed by atoms with Gasteiger partial charge in [-0.05, 0) is 44.5 Å². The molecular weight excluding hydrogens is 360 g/mol. The maximum atomic E-state index is 12.1. The van der Waals surface area contributed by atoms with Crippen LogP contribution in [-0.4, -0.2) is 35.0 Å². The maximum absolute atomic E-state index is 12.1. The third-order valence-corrected chi connectivity index (χ3v) is 3.45. The van der Waals surface area contributed by atoms with Crippen molar-refractivity contribution in [2.45, 2.75) is 32.9 Å². The molecule has 28 heavy (non-hydrogen) atoms. The van der Waals surface area contributed by atoms with E-state index in [0.717, 1.165) is 5.56 Å². The molecule has 1 aromatic carbocycles. The molecule has 0 aliphatic rings. The Bertz CT molecular complexity index is 832. The summed E-state index contributed by atoms with van der Waals surface area (Å²) >= 11 is 0. The second kappa shape index (κ2) is 9.50. The van der Waals surface area contributed by atoms with Crippen molar-refractivity contribution >= 4 is 23.6 Å². The number of carbonyl (C=O) groups is 3. The number of anilines is 1. The quantitative estimate of drug-likeness (QED) is 0.709. The highest BCUT2D eigenvalue weighted by molar-refractivity contribution is 5.95. The van der Waals surface area contributed by atoms with Crippen molar-refractivity contribution in [2.24, 2.45) is 0 Å². The Morgan fingerprint density at radius 3 is 2.46 bits per heavy atom. The van der Waals surface area contributed by atoms with Crippen LogP contribution in [-0.2, 0) is 16.1 Å². The fourth-order valence-electron chi connectivity index (χ4n) is 2.23. The molecule has 0 spiro atoms. The maximum Gasteiger partial charge on any atom is 0.408 e. The van der Waals surface area contributed by atoms with Gasteiger partial charge < -0.3 is 20.7 Å². The van der Waals surface area contributed by atoms with Crippen LogP contribution in [0.4, 0.5) is 10.5 Å². The van der Waals surface area contributed by atoms with Gasteiger partial charge in [0.2, 0.25) is 5.91 Å². The van der Waals surface area contributed by atoms with Crippen molar-refractivity contribution < 1.29 is 19.1 Å². The summed E-state index contributed by atoms with van der Waals surface area (Å²) in [5, 5.41) is 7.90. The Morgan fingerprint density at radius 2 is 1.79 bits per heavy atom. The lowest BCUT2D eigenvalue weighted by atomic mass is 10.1. The van der Waals surface area contributed by atoms with Gasteiger partial charge in [0.05, 0.1) is 5.56 Å². The number of hydrogen-bond donors (Lipinski definition) is 3. The van der Waals surface area contributed by atoms with Gasteiger partial charge in [-0.2, -0.15) is 0 Å². The zero-order valence-electron chi connectivity index (χ0n) is 16.1. The summed E-state index contributed by atoms with van der Waals surface area (Å²) in [5.74, 6) is -0.669. The number of aromatic nitrogens is 1. The number of para-hydroxylation sites is 1. The van der Waals surface area contributed by atoms with Crippen LogP contribution in [0.3, 0.4) is 0 Å². The first-order valence-corrected chi connectivity index (χ1v) is 8.77. The standard InChI is InChI=1S/C20H24N4O4/c1-20(2,3)28-19(27)23-13-17(25)24-16-9-5-4-7-14(16)12-22-18(26)15-8-6-10-21-11-15/h4-11H,12-13H2,1-3H3,(H,22,26)(H,23,27)(H,24,25). The van der Waals surface area contributed by atoms with Gasteiger partial charge in [-0.25, -0.2) is 4.79 Å². The van der Waals surface area contributed by atoms with E-state index in [-0.39, 0.29) is 19.0 Å². The molecule has 8 nitrogen and oxygen atoms in total. The van der Waals surface area contributed by atoms with Crippen molar-refractivity contribution in [3.63, 3.8) is 0 Å². The number of hydrogen-bond acceptors (Lipinski definition) is 5. The summed E-state index contributed by atoms with van der Waals surface area (Å²) in [5.41, 5.74) is 1.08. The number of carbonyl (C=O) groups excluding carboxylic acids is 3. The summed E-state index contributed by atoms with van der Waals surface area (Å²) in [6.07, 6.45) is 2.40. The number of rotatable bonds is 6. The Labute approximate surface area is 163 Å². The van der Waals surface area contributed by atoms with Crippen LogP contribution in [0.25, 0.3) is 0 Å². The highest BCUT2D eigenvalue weighted by atomic mass is 16.6. The highest BCUT2D eigenvalue weighted by Crippen LogP contribution is 2.15. The second-order valence-corrected chi connectivity index (χ2v) is 6.99. The fraction of sp³-hybridized carbons (Fsp3) is 0.300. The van der Waals surface area contributed by atoms with E-state index in [1.807, 2.05) is 0 Å². The summed E-state index contributed by atoms with van der Waals surface area (Å²) in [6.45, 7) is 5.21. The van der Waals surface area contributed by atoms with Gasteiger partial charge in [0.15, 0.2) is 0 Å². The van der Waals surface area contributed by atoms with E-state index in [1.165, 1.54) is 6.20 Å². The van der Waals surface area contributed by atoms with Crippen molar-refractivity contribution in [1.29, 1.82) is 0 Å². The first kappa shape index (κ1) is 20.9. The van der Waals surface area contributed by atoms with Gasteiger partial charge in [-0.3, -0.25) is 14.6 Å². The molecule has 148 valence electrons. The van der Waals surface area contributed by atoms with E-state index >= 15 is 0 Å². The Hall–Kier alpha value is -3.42. The van der Waals surface area contributed by atoms with E-state index in [2.05, 4.69) is 20.9 Å². The van der Waals surface area contributed by atoms with Crippen LogP contribution < -0.4 is 16.0 Å². The second-order valence-electron chi connectivity index (χ2n) is 6.99. The van der Waals surface area contributed by atoms with Crippen LogP contribution >= 0.6 is 0 Å². The Kier molecular flexibility index (Phi) is 7.08. The van der Waals surface area contributed by atoms with Crippen LogP contribution in [0.15, 0.2) is 48.8 Å². The molecule has 0 radical (unpaired) electrons. The summed E-state index contributed by atoms with van der Waals surface area (Å²) in [4.78, 5) is 39.8. The zero-order valence-corrected chi connectivity index (χ0v) is 16.1. The van der Waals surface area contributed by atoms with E-state index in [1.54, 1.807) is 63.4 Å². The third kappa shape index (κ3) is 7.06. The molecule has 1 heterocycles. The number of pyridine rings is 1. The lowest BCUT2D eigenvalue weighted by molar-refractivity contribution is -0.115. The molecule has 0 atom stereocenters. The van der Waals surface area contributed by atoms with Crippen molar-refractivity contribution in [1.82, 2.24) is 15.6 Å². The number of ether oxygens (including phenoxy) is 1. The zero-order chi connectivity index (χ0) is 20.6. The molecule has 0 aliphatic heterocycles. The molecule has 1 aromatic heterocycles. The lowest BCUT2D eigenvalue weighted by Crippen LogP contribution is -2.37. The molecule has 3 amide bonds. The van der Waals surface area contributed by atoms with Gasteiger partial charge in [0.1, 0.15) is 12.1 Å². The minimum absolute atomic E-state index is 0.226. The summed E-state index contributed by atoms with van der Waals surface area (Å²) in [7, 11) is 0. The normalized spacial score (nSPS) is 10.7. The number of alkyl carbamates (subject to hydrolysis) is 1. The number of nitrogens with one attached hydrogen (secondary N) is 3. The monoisotopic (exact) mass is 384 g/mol. The summed E-state index contributed by atoms with van der Waals surface area (Å²) in [6, 6.07) is 10.4. The highest BCUT2D eigenvalue weighted by Gasteiger charge is 2.17. The molecule has 3 N–H and O–H groups in total. The lowest BCUT2D eigenvalue weighted by Gasteiger charge is -2.19. The van der Waals surface area contributed by atoms with E-state index in [9.17, 15) is 14.4 Å². The Balaban J connectivity index is 1.90.